The molecule has 0 radical (unpaired) electrons. The van der Waals surface area contributed by atoms with Gasteiger partial charge in [-0.2, -0.15) is 10.4 Å². The molecule has 0 aliphatic heterocycles. The minimum Gasteiger partial charge on any atom is -0.380 e. The molecule has 10 heteroatoms. The smallest absolute Gasteiger partial charge is 0.205 e. The number of nitriles is 1. The summed E-state index contributed by atoms with van der Waals surface area (Å²) >= 11 is 1.41. The summed E-state index contributed by atoms with van der Waals surface area (Å²) in [4.78, 5) is 8.84. The standard InChI is InChI=1S/C15H15N7O2S/c1-8-4-10(6-23-3)11(5-16)15(17-8)25-7-12-18-14(20-19-12)13-9(2)21-24-22-13/h4H,6-7H2,1-3H3,(H,18,19,20). The first-order valence-corrected chi connectivity index (χ1v) is 8.34. The highest BCUT2D eigenvalue weighted by atomic mass is 32.2. The van der Waals surface area contributed by atoms with E-state index in [1.165, 1.54) is 11.8 Å². The van der Waals surface area contributed by atoms with Crippen molar-refractivity contribution in [2.75, 3.05) is 7.11 Å². The van der Waals surface area contributed by atoms with E-state index in [2.05, 4.69) is 41.2 Å². The summed E-state index contributed by atoms with van der Waals surface area (Å²) < 4.78 is 9.82. The zero-order valence-corrected chi connectivity index (χ0v) is 14.7. The topological polar surface area (TPSA) is 126 Å². The molecule has 0 fully saturated rings. The third-order valence-electron chi connectivity index (χ3n) is 3.35. The molecule has 0 amide bonds. The van der Waals surface area contributed by atoms with Crippen LogP contribution in [0.3, 0.4) is 0 Å². The summed E-state index contributed by atoms with van der Waals surface area (Å²) in [6, 6.07) is 4.07. The van der Waals surface area contributed by atoms with Crippen molar-refractivity contribution >= 4 is 11.8 Å². The summed E-state index contributed by atoms with van der Waals surface area (Å²) in [5.41, 5.74) is 3.29. The van der Waals surface area contributed by atoms with Gasteiger partial charge in [-0.1, -0.05) is 16.9 Å². The normalized spacial score (nSPS) is 10.8. The van der Waals surface area contributed by atoms with E-state index in [0.29, 0.717) is 46.0 Å². The molecule has 9 nitrogen and oxygen atoms in total. The Balaban J connectivity index is 1.79. The minimum absolute atomic E-state index is 0.366. The van der Waals surface area contributed by atoms with Crippen molar-refractivity contribution in [3.05, 3.63) is 34.4 Å². The average molecular weight is 357 g/mol. The van der Waals surface area contributed by atoms with Crippen LogP contribution in [0.1, 0.15) is 28.3 Å². The molecule has 0 atom stereocenters. The van der Waals surface area contributed by atoms with Crippen molar-refractivity contribution in [2.24, 2.45) is 0 Å². The van der Waals surface area contributed by atoms with Gasteiger partial charge in [-0.05, 0) is 30.6 Å². The quantitative estimate of drug-likeness (QED) is 0.660. The molecule has 0 aromatic carbocycles. The Bertz CT molecular complexity index is 928. The zero-order chi connectivity index (χ0) is 17.8. The van der Waals surface area contributed by atoms with Gasteiger partial charge >= 0.3 is 0 Å². The SMILES string of the molecule is COCc1cc(C)nc(SCc2nc(-c3nonc3C)n[nH]2)c1C#N. The van der Waals surface area contributed by atoms with Gasteiger partial charge in [-0.15, -0.1) is 0 Å². The fourth-order valence-electron chi connectivity index (χ4n) is 2.24. The van der Waals surface area contributed by atoms with Gasteiger partial charge in [-0.3, -0.25) is 5.10 Å². The third-order valence-corrected chi connectivity index (χ3v) is 4.34. The molecule has 25 heavy (non-hydrogen) atoms. The number of H-pyrrole nitrogens is 1. The molecule has 0 spiro atoms. The lowest BCUT2D eigenvalue weighted by molar-refractivity contribution is 0.184. The van der Waals surface area contributed by atoms with E-state index in [0.717, 1.165) is 11.3 Å². The first kappa shape index (κ1) is 17.1. The van der Waals surface area contributed by atoms with E-state index in [1.807, 2.05) is 13.0 Å². The number of hydrogen-bond acceptors (Lipinski definition) is 9. The van der Waals surface area contributed by atoms with Crippen molar-refractivity contribution in [1.82, 2.24) is 30.5 Å². The van der Waals surface area contributed by atoms with Crippen LogP contribution in [0.15, 0.2) is 15.7 Å². The van der Waals surface area contributed by atoms with Gasteiger partial charge in [0.25, 0.3) is 0 Å². The second-order valence-corrected chi connectivity index (χ2v) is 6.20. The summed E-state index contributed by atoms with van der Waals surface area (Å²) in [7, 11) is 1.60. The molecule has 3 aromatic heterocycles. The number of nitrogens with one attached hydrogen (secondary N) is 1. The van der Waals surface area contributed by atoms with Crippen LogP contribution in [0.5, 0.6) is 0 Å². The highest BCUT2D eigenvalue weighted by Gasteiger charge is 2.16. The number of thioether (sulfide) groups is 1. The molecular weight excluding hydrogens is 342 g/mol. The van der Waals surface area contributed by atoms with Crippen molar-refractivity contribution < 1.29 is 9.37 Å². The van der Waals surface area contributed by atoms with Gasteiger partial charge in [0.2, 0.25) is 5.82 Å². The van der Waals surface area contributed by atoms with Crippen LogP contribution in [0.25, 0.3) is 11.5 Å². The molecule has 0 unspecified atom stereocenters. The summed E-state index contributed by atoms with van der Waals surface area (Å²) in [6.07, 6.45) is 0. The molecule has 3 heterocycles. The molecular formula is C15H15N7O2S. The van der Waals surface area contributed by atoms with Gasteiger partial charge < -0.3 is 4.74 Å². The minimum atomic E-state index is 0.366. The Morgan fingerprint density at radius 2 is 2.16 bits per heavy atom. The molecule has 1 N–H and O–H groups in total. The van der Waals surface area contributed by atoms with Gasteiger partial charge in [0.05, 0.1) is 17.9 Å². The maximum absolute atomic E-state index is 9.45. The molecule has 0 aliphatic carbocycles. The molecule has 0 aliphatic rings. The van der Waals surface area contributed by atoms with Crippen molar-refractivity contribution in [1.29, 1.82) is 5.26 Å². The molecule has 3 aromatic rings. The molecule has 3 rings (SSSR count). The Kier molecular flexibility index (Phi) is 5.06. The number of hydrogen-bond donors (Lipinski definition) is 1. The second kappa shape index (κ2) is 7.42. The summed E-state index contributed by atoms with van der Waals surface area (Å²) in [5, 5.41) is 24.6. The predicted molar refractivity (Wildman–Crippen MR) is 88.4 cm³/mol. The van der Waals surface area contributed by atoms with Crippen LogP contribution in [0.4, 0.5) is 0 Å². The Labute approximate surface area is 147 Å². The van der Waals surface area contributed by atoms with Gasteiger partial charge in [0, 0.05) is 12.8 Å². The number of ether oxygens (including phenoxy) is 1. The van der Waals surface area contributed by atoms with E-state index >= 15 is 0 Å². The number of methoxy groups -OCH3 is 1. The van der Waals surface area contributed by atoms with Crippen LogP contribution in [0, 0.1) is 25.2 Å². The molecule has 0 saturated heterocycles. The first-order chi connectivity index (χ1) is 12.1. The lowest BCUT2D eigenvalue weighted by Gasteiger charge is -2.09. The van der Waals surface area contributed by atoms with Crippen LogP contribution in [-0.4, -0.2) is 37.6 Å². The predicted octanol–water partition coefficient (Wildman–Crippen LogP) is 2.18. The number of rotatable bonds is 6. The van der Waals surface area contributed by atoms with Crippen molar-refractivity contribution in [2.45, 2.75) is 31.2 Å². The fraction of sp³-hybridized carbons (Fsp3) is 0.333. The number of aromatic nitrogens is 6. The van der Waals surface area contributed by atoms with Crippen molar-refractivity contribution in [3.8, 4) is 17.6 Å². The number of nitrogens with zero attached hydrogens (tertiary/aromatic N) is 6. The maximum atomic E-state index is 9.45. The third kappa shape index (κ3) is 3.67. The van der Waals surface area contributed by atoms with E-state index in [-0.39, 0.29) is 0 Å². The van der Waals surface area contributed by atoms with Crippen molar-refractivity contribution in [3.63, 3.8) is 0 Å². The van der Waals surface area contributed by atoms with E-state index in [1.54, 1.807) is 14.0 Å². The fourth-order valence-corrected chi connectivity index (χ4v) is 3.17. The van der Waals surface area contributed by atoms with E-state index in [9.17, 15) is 5.26 Å². The first-order valence-electron chi connectivity index (χ1n) is 7.35. The van der Waals surface area contributed by atoms with Gasteiger partial charge in [-0.25, -0.2) is 14.6 Å². The summed E-state index contributed by atoms with van der Waals surface area (Å²) in [6.45, 7) is 4.02. The van der Waals surface area contributed by atoms with Crippen LogP contribution in [0.2, 0.25) is 0 Å². The highest BCUT2D eigenvalue weighted by molar-refractivity contribution is 7.98. The zero-order valence-electron chi connectivity index (χ0n) is 13.9. The Morgan fingerprint density at radius 3 is 2.84 bits per heavy atom. The Morgan fingerprint density at radius 1 is 1.32 bits per heavy atom. The molecule has 128 valence electrons. The summed E-state index contributed by atoms with van der Waals surface area (Å²) in [5.74, 6) is 1.55. The Hall–Kier alpha value is -2.77. The monoisotopic (exact) mass is 357 g/mol. The second-order valence-electron chi connectivity index (χ2n) is 5.24. The largest absolute Gasteiger partial charge is 0.380 e. The van der Waals surface area contributed by atoms with Crippen LogP contribution >= 0.6 is 11.8 Å². The van der Waals surface area contributed by atoms with Gasteiger partial charge in [0.15, 0.2) is 5.69 Å². The lowest BCUT2D eigenvalue weighted by atomic mass is 10.1. The average Bonchev–Trinajstić information content (AvgIpc) is 3.21. The molecule has 0 bridgehead atoms. The van der Waals surface area contributed by atoms with Gasteiger partial charge in [0.1, 0.15) is 22.6 Å². The maximum Gasteiger partial charge on any atom is 0.205 e. The number of pyridine rings is 1. The van der Waals surface area contributed by atoms with E-state index < -0.39 is 0 Å². The van der Waals surface area contributed by atoms with Crippen LogP contribution in [-0.2, 0) is 17.1 Å². The van der Waals surface area contributed by atoms with E-state index in [4.69, 9.17) is 4.74 Å². The highest BCUT2D eigenvalue weighted by Crippen LogP contribution is 2.27. The van der Waals surface area contributed by atoms with Crippen LogP contribution < -0.4 is 0 Å². The number of aryl methyl sites for hydroxylation is 2. The molecule has 0 saturated carbocycles. The lowest BCUT2D eigenvalue weighted by Crippen LogP contribution is -2.00. The number of aromatic amines is 1.